The van der Waals surface area contributed by atoms with E-state index in [-0.39, 0.29) is 5.82 Å². The van der Waals surface area contributed by atoms with Crippen molar-refractivity contribution in [2.75, 3.05) is 6.26 Å². The van der Waals surface area contributed by atoms with E-state index in [1.54, 1.807) is 23.9 Å². The van der Waals surface area contributed by atoms with E-state index in [1.165, 1.54) is 6.07 Å². The van der Waals surface area contributed by atoms with E-state index >= 15 is 0 Å². The number of rotatable bonds is 3. The molecule has 2 aromatic rings. The molecule has 0 heterocycles. The molecule has 0 aliphatic carbocycles. The van der Waals surface area contributed by atoms with Crippen molar-refractivity contribution < 1.29 is 4.39 Å². The molecule has 0 unspecified atom stereocenters. The molecule has 2 rings (SSSR count). The predicted molar refractivity (Wildman–Crippen MR) is 74.2 cm³/mol. The van der Waals surface area contributed by atoms with Crippen LogP contribution in [0.3, 0.4) is 0 Å². The van der Waals surface area contributed by atoms with E-state index < -0.39 is 0 Å². The summed E-state index contributed by atoms with van der Waals surface area (Å²) in [6.07, 6.45) is 4.03. The Bertz CT molecular complexity index is 517. The van der Waals surface area contributed by atoms with Crippen LogP contribution in [-0.2, 0) is 0 Å². The van der Waals surface area contributed by atoms with Gasteiger partial charge in [-0.15, -0.1) is 11.8 Å². The summed E-state index contributed by atoms with van der Waals surface area (Å²) >= 11 is 1.66. The van der Waals surface area contributed by atoms with E-state index in [0.29, 0.717) is 0 Å². The molecule has 86 valence electrons. The van der Waals surface area contributed by atoms with Crippen LogP contribution in [0.25, 0.3) is 11.0 Å². The molecule has 0 saturated heterocycles. The minimum absolute atomic E-state index is 0.202. The fourth-order valence-corrected chi connectivity index (χ4v) is 2.24. The molecule has 0 radical (unpaired) electrons. The fourth-order valence-electron chi connectivity index (χ4n) is 1.61. The predicted octanol–water partition coefficient (Wildman–Crippen LogP) is 4.69. The summed E-state index contributed by atoms with van der Waals surface area (Å²) in [5, 5.41) is 0. The summed E-state index contributed by atoms with van der Waals surface area (Å²) in [6.45, 7) is 0. The summed E-state index contributed by atoms with van der Waals surface area (Å²) in [6, 6.07) is 16.7. The van der Waals surface area contributed by atoms with Gasteiger partial charge in [0.1, 0.15) is 5.82 Å². The third kappa shape index (κ3) is 3.21. The first-order valence-electron chi connectivity index (χ1n) is 5.36. The smallest absolute Gasteiger partial charge is 0.123 e. The van der Waals surface area contributed by atoms with Gasteiger partial charge >= 0.3 is 0 Å². The number of hydrogen-bond donors (Lipinski definition) is 0. The highest BCUT2D eigenvalue weighted by atomic mass is 32.2. The summed E-state index contributed by atoms with van der Waals surface area (Å²) in [4.78, 5) is 1.14. The summed E-state index contributed by atoms with van der Waals surface area (Å²) in [7, 11) is 0. The van der Waals surface area contributed by atoms with Crippen LogP contribution in [-0.4, -0.2) is 6.26 Å². The Balaban J connectivity index is 2.36. The second-order valence-corrected chi connectivity index (χ2v) is 4.48. The Kier molecular flexibility index (Phi) is 3.99. The second kappa shape index (κ2) is 5.69. The van der Waals surface area contributed by atoms with Crippen LogP contribution in [0.5, 0.6) is 0 Å². The first-order valence-corrected chi connectivity index (χ1v) is 6.59. The zero-order valence-corrected chi connectivity index (χ0v) is 10.4. The van der Waals surface area contributed by atoms with E-state index in [1.807, 2.05) is 36.6 Å². The monoisotopic (exact) mass is 244 g/mol. The van der Waals surface area contributed by atoms with Gasteiger partial charge in [0.2, 0.25) is 0 Å². The van der Waals surface area contributed by atoms with Gasteiger partial charge in [-0.3, -0.25) is 0 Å². The van der Waals surface area contributed by atoms with Gasteiger partial charge in [0.25, 0.3) is 0 Å². The highest BCUT2D eigenvalue weighted by Crippen LogP contribution is 2.27. The lowest BCUT2D eigenvalue weighted by Gasteiger charge is -2.04. The lowest BCUT2D eigenvalue weighted by Crippen LogP contribution is -1.81. The Morgan fingerprint density at radius 1 is 1.06 bits per heavy atom. The summed E-state index contributed by atoms with van der Waals surface area (Å²) in [5.74, 6) is -0.202. The summed E-state index contributed by atoms with van der Waals surface area (Å²) < 4.78 is 13.1. The molecule has 17 heavy (non-hydrogen) atoms. The van der Waals surface area contributed by atoms with Crippen molar-refractivity contribution in [3.63, 3.8) is 0 Å². The van der Waals surface area contributed by atoms with Crippen molar-refractivity contribution in [2.45, 2.75) is 0 Å². The Hall–Kier alpha value is -1.54. The van der Waals surface area contributed by atoms with Gasteiger partial charge in [-0.05, 0) is 35.6 Å². The van der Waals surface area contributed by atoms with Gasteiger partial charge in [-0.1, -0.05) is 42.5 Å². The van der Waals surface area contributed by atoms with E-state index in [2.05, 4.69) is 12.1 Å². The maximum Gasteiger partial charge on any atom is 0.123 e. The third-order valence-corrected chi connectivity index (χ3v) is 3.22. The van der Waals surface area contributed by atoms with Gasteiger partial charge < -0.3 is 0 Å². The maximum absolute atomic E-state index is 13.1. The Morgan fingerprint density at radius 3 is 2.47 bits per heavy atom. The molecule has 0 spiro atoms. The second-order valence-electron chi connectivity index (χ2n) is 3.63. The molecule has 0 amide bonds. The van der Waals surface area contributed by atoms with Crippen LogP contribution >= 0.6 is 11.8 Å². The highest BCUT2D eigenvalue weighted by Gasteiger charge is 2.00. The van der Waals surface area contributed by atoms with Crippen LogP contribution in [0.1, 0.15) is 11.1 Å². The quantitative estimate of drug-likeness (QED) is 0.706. The van der Waals surface area contributed by atoms with Gasteiger partial charge in [-0.25, -0.2) is 4.39 Å². The topological polar surface area (TPSA) is 0 Å². The van der Waals surface area contributed by atoms with Crippen molar-refractivity contribution in [1.82, 2.24) is 0 Å². The Labute approximate surface area is 105 Å². The molecule has 0 N–H and O–H groups in total. The number of thioether (sulfide) groups is 1. The standard InChI is InChI=1S/C15H13FS/c1-17-15(13-7-3-2-4-8-13)11-12-6-5-9-14(16)10-12/h2-11H,1H3. The summed E-state index contributed by atoms with van der Waals surface area (Å²) in [5.41, 5.74) is 2.04. The molecule has 0 fully saturated rings. The molecular weight excluding hydrogens is 231 g/mol. The molecule has 2 heteroatoms. The van der Waals surface area contributed by atoms with E-state index in [4.69, 9.17) is 0 Å². The largest absolute Gasteiger partial charge is 0.207 e. The minimum atomic E-state index is -0.202. The highest BCUT2D eigenvalue weighted by molar-refractivity contribution is 8.07. The van der Waals surface area contributed by atoms with Crippen molar-refractivity contribution in [2.24, 2.45) is 0 Å². The maximum atomic E-state index is 13.1. The fraction of sp³-hybridized carbons (Fsp3) is 0.0667. The van der Waals surface area contributed by atoms with Crippen LogP contribution in [0.4, 0.5) is 4.39 Å². The van der Waals surface area contributed by atoms with Crippen molar-refractivity contribution >= 4 is 22.7 Å². The van der Waals surface area contributed by atoms with Crippen LogP contribution in [0, 0.1) is 5.82 Å². The zero-order valence-electron chi connectivity index (χ0n) is 9.56. The lowest BCUT2D eigenvalue weighted by atomic mass is 10.1. The van der Waals surface area contributed by atoms with Crippen molar-refractivity contribution in [3.8, 4) is 0 Å². The average Bonchev–Trinajstić information content (AvgIpc) is 2.37. The first kappa shape index (κ1) is 11.9. The third-order valence-electron chi connectivity index (χ3n) is 2.42. The van der Waals surface area contributed by atoms with Gasteiger partial charge in [-0.2, -0.15) is 0 Å². The molecular formula is C15H13FS. The van der Waals surface area contributed by atoms with Crippen molar-refractivity contribution in [1.29, 1.82) is 0 Å². The molecule has 0 saturated carbocycles. The van der Waals surface area contributed by atoms with Crippen molar-refractivity contribution in [3.05, 3.63) is 71.5 Å². The zero-order chi connectivity index (χ0) is 12.1. The molecule has 0 atom stereocenters. The molecule has 2 aromatic carbocycles. The van der Waals surface area contributed by atoms with Gasteiger partial charge in [0, 0.05) is 4.91 Å². The first-order chi connectivity index (χ1) is 8.29. The van der Waals surface area contributed by atoms with Crippen LogP contribution in [0.15, 0.2) is 54.6 Å². The van der Waals surface area contributed by atoms with Crippen LogP contribution < -0.4 is 0 Å². The molecule has 0 bridgehead atoms. The lowest BCUT2D eigenvalue weighted by molar-refractivity contribution is 0.627. The normalized spacial score (nSPS) is 11.5. The number of benzene rings is 2. The van der Waals surface area contributed by atoms with E-state index in [0.717, 1.165) is 16.0 Å². The van der Waals surface area contributed by atoms with Crippen LogP contribution in [0.2, 0.25) is 0 Å². The SMILES string of the molecule is CSC(=Cc1cccc(F)c1)c1ccccc1. The number of halogens is 1. The number of hydrogen-bond acceptors (Lipinski definition) is 1. The Morgan fingerprint density at radius 2 is 1.82 bits per heavy atom. The minimum Gasteiger partial charge on any atom is -0.207 e. The molecule has 0 aliphatic rings. The molecule has 0 aliphatic heterocycles. The average molecular weight is 244 g/mol. The molecule has 0 nitrogen and oxygen atoms in total. The van der Waals surface area contributed by atoms with Gasteiger partial charge in [0.15, 0.2) is 0 Å². The van der Waals surface area contributed by atoms with Gasteiger partial charge in [0.05, 0.1) is 0 Å². The van der Waals surface area contributed by atoms with E-state index in [9.17, 15) is 4.39 Å². The molecule has 0 aromatic heterocycles.